The smallest absolute Gasteiger partial charge is 0.248 e. The van der Waals surface area contributed by atoms with E-state index in [-0.39, 0.29) is 12.5 Å². The summed E-state index contributed by atoms with van der Waals surface area (Å²) in [5.41, 5.74) is 0. The Morgan fingerprint density at radius 3 is 3.18 bits per heavy atom. The van der Waals surface area contributed by atoms with Crippen LogP contribution in [0, 0.1) is 0 Å². The second-order valence-corrected chi connectivity index (χ2v) is 5.35. The first-order chi connectivity index (χ1) is 8.28. The van der Waals surface area contributed by atoms with Gasteiger partial charge >= 0.3 is 0 Å². The highest BCUT2D eigenvalue weighted by molar-refractivity contribution is 8.01. The molecular weight excluding hydrogens is 262 g/mol. The minimum atomic E-state index is -0.235. The van der Waals surface area contributed by atoms with E-state index in [4.69, 9.17) is 0 Å². The predicted octanol–water partition coefficient (Wildman–Crippen LogP) is 0.275. The van der Waals surface area contributed by atoms with E-state index in [1.807, 2.05) is 6.92 Å². The summed E-state index contributed by atoms with van der Waals surface area (Å²) in [7, 11) is 0. The fourth-order valence-corrected chi connectivity index (χ4v) is 2.67. The van der Waals surface area contributed by atoms with Gasteiger partial charge in [-0.05, 0) is 16.2 Å². The molecule has 0 spiro atoms. The first-order valence-corrected chi connectivity index (χ1v) is 6.55. The monoisotopic (exact) mass is 271 g/mol. The molecule has 0 bridgehead atoms. The standard InChI is InChI=1S/C7H9N7OS2/c1-2-16-7-11-10-6(17-7)9-5(15)3-14-4-8-12-13-14/h4H,2-3H2,1H3,(H,9,10,15). The third-order valence-corrected chi connectivity index (χ3v) is 3.47. The molecule has 1 amide bonds. The summed E-state index contributed by atoms with van der Waals surface area (Å²) in [6, 6.07) is 0. The molecule has 0 aliphatic carbocycles. The van der Waals surface area contributed by atoms with Crippen LogP contribution < -0.4 is 5.32 Å². The molecule has 2 heterocycles. The minimum Gasteiger partial charge on any atom is -0.299 e. The lowest BCUT2D eigenvalue weighted by atomic mass is 10.6. The number of hydrogen-bond acceptors (Lipinski definition) is 8. The van der Waals surface area contributed by atoms with E-state index in [9.17, 15) is 4.79 Å². The number of rotatable bonds is 5. The van der Waals surface area contributed by atoms with Crippen LogP contribution in [0.2, 0.25) is 0 Å². The largest absolute Gasteiger partial charge is 0.299 e. The molecule has 1 N–H and O–H groups in total. The van der Waals surface area contributed by atoms with Crippen molar-refractivity contribution in [2.45, 2.75) is 17.8 Å². The van der Waals surface area contributed by atoms with E-state index in [1.54, 1.807) is 11.8 Å². The van der Waals surface area contributed by atoms with Crippen LogP contribution in [0.4, 0.5) is 5.13 Å². The number of carbonyl (C=O) groups is 1. The zero-order valence-electron chi connectivity index (χ0n) is 8.90. The molecule has 0 saturated carbocycles. The molecule has 0 fully saturated rings. The lowest BCUT2D eigenvalue weighted by Crippen LogP contribution is -2.19. The average Bonchev–Trinajstić information content (AvgIpc) is 2.91. The van der Waals surface area contributed by atoms with Crippen LogP contribution in [0.15, 0.2) is 10.7 Å². The highest BCUT2D eigenvalue weighted by Gasteiger charge is 2.09. The van der Waals surface area contributed by atoms with E-state index in [0.29, 0.717) is 5.13 Å². The summed E-state index contributed by atoms with van der Waals surface area (Å²) in [4.78, 5) is 11.6. The number of amides is 1. The molecule has 0 atom stereocenters. The predicted molar refractivity (Wildman–Crippen MR) is 62.8 cm³/mol. The average molecular weight is 271 g/mol. The van der Waals surface area contributed by atoms with Gasteiger partial charge in [-0.2, -0.15) is 0 Å². The number of carbonyl (C=O) groups excluding carboxylic acids is 1. The van der Waals surface area contributed by atoms with Gasteiger partial charge in [-0.15, -0.1) is 15.3 Å². The van der Waals surface area contributed by atoms with Crippen molar-refractivity contribution < 1.29 is 4.79 Å². The number of anilines is 1. The van der Waals surface area contributed by atoms with Crippen LogP contribution in [0.1, 0.15) is 6.92 Å². The Labute approximate surface area is 105 Å². The lowest BCUT2D eigenvalue weighted by Gasteiger charge is -1.98. The van der Waals surface area contributed by atoms with E-state index in [2.05, 4.69) is 31.0 Å². The molecule has 10 heteroatoms. The van der Waals surface area contributed by atoms with Crippen molar-refractivity contribution >= 4 is 34.1 Å². The second-order valence-electron chi connectivity index (χ2n) is 2.86. The topological polar surface area (TPSA) is 98.5 Å². The fraction of sp³-hybridized carbons (Fsp3) is 0.429. The van der Waals surface area contributed by atoms with Crippen molar-refractivity contribution in [3.8, 4) is 0 Å². The van der Waals surface area contributed by atoms with Gasteiger partial charge in [0.25, 0.3) is 0 Å². The van der Waals surface area contributed by atoms with Crippen LogP contribution in [0.3, 0.4) is 0 Å². The van der Waals surface area contributed by atoms with Crippen molar-refractivity contribution in [2.75, 3.05) is 11.1 Å². The van der Waals surface area contributed by atoms with Gasteiger partial charge in [0.15, 0.2) is 4.34 Å². The van der Waals surface area contributed by atoms with Gasteiger partial charge < -0.3 is 0 Å². The summed E-state index contributed by atoms with van der Waals surface area (Å²) >= 11 is 2.93. The van der Waals surface area contributed by atoms with Crippen molar-refractivity contribution in [2.24, 2.45) is 0 Å². The number of tetrazole rings is 1. The molecule has 0 aromatic carbocycles. The van der Waals surface area contributed by atoms with Crippen LogP contribution >= 0.6 is 23.1 Å². The first-order valence-electron chi connectivity index (χ1n) is 4.75. The quantitative estimate of drug-likeness (QED) is 0.615. The van der Waals surface area contributed by atoms with Gasteiger partial charge in [0.2, 0.25) is 11.0 Å². The van der Waals surface area contributed by atoms with Crippen LogP contribution in [0.5, 0.6) is 0 Å². The minimum absolute atomic E-state index is 0.0584. The molecule has 8 nitrogen and oxygen atoms in total. The highest BCUT2D eigenvalue weighted by atomic mass is 32.2. The van der Waals surface area contributed by atoms with Gasteiger partial charge in [-0.25, -0.2) is 4.68 Å². The molecule has 2 aromatic rings. The lowest BCUT2D eigenvalue weighted by molar-refractivity contribution is -0.116. The summed E-state index contributed by atoms with van der Waals surface area (Å²) in [5, 5.41) is 21.4. The molecule has 0 aliphatic heterocycles. The van der Waals surface area contributed by atoms with Crippen molar-refractivity contribution in [3.63, 3.8) is 0 Å². The SMILES string of the molecule is CCSc1nnc(NC(=O)Cn2cnnn2)s1. The molecule has 0 radical (unpaired) electrons. The Kier molecular flexibility index (Phi) is 3.98. The van der Waals surface area contributed by atoms with E-state index in [0.717, 1.165) is 10.1 Å². The number of hydrogen-bond donors (Lipinski definition) is 1. The van der Waals surface area contributed by atoms with Gasteiger partial charge in [0.05, 0.1) is 0 Å². The summed E-state index contributed by atoms with van der Waals surface area (Å²) < 4.78 is 2.17. The van der Waals surface area contributed by atoms with Crippen molar-refractivity contribution in [3.05, 3.63) is 6.33 Å². The molecule has 2 aromatic heterocycles. The Hall–Kier alpha value is -1.55. The van der Waals surface area contributed by atoms with Crippen molar-refractivity contribution in [1.82, 2.24) is 30.4 Å². The Morgan fingerprint density at radius 1 is 1.59 bits per heavy atom. The zero-order valence-corrected chi connectivity index (χ0v) is 10.5. The van der Waals surface area contributed by atoms with Gasteiger partial charge in [-0.3, -0.25) is 10.1 Å². The number of nitrogens with zero attached hydrogens (tertiary/aromatic N) is 6. The third-order valence-electron chi connectivity index (χ3n) is 1.62. The number of nitrogens with one attached hydrogen (secondary N) is 1. The zero-order chi connectivity index (χ0) is 12.1. The van der Waals surface area contributed by atoms with Gasteiger partial charge in [-0.1, -0.05) is 30.0 Å². The Bertz CT molecular complexity index is 482. The number of aromatic nitrogens is 6. The van der Waals surface area contributed by atoms with Crippen LogP contribution in [-0.2, 0) is 11.3 Å². The molecule has 0 aliphatic rings. The summed E-state index contributed by atoms with van der Waals surface area (Å²) in [6.45, 7) is 2.09. The maximum Gasteiger partial charge on any atom is 0.248 e. The molecule has 90 valence electrons. The fourth-order valence-electron chi connectivity index (χ4n) is 1.00. The van der Waals surface area contributed by atoms with Crippen LogP contribution in [-0.4, -0.2) is 42.1 Å². The molecule has 0 unspecified atom stereocenters. The summed E-state index contributed by atoms with van der Waals surface area (Å²) in [5.74, 6) is 0.689. The van der Waals surface area contributed by atoms with Gasteiger partial charge in [0.1, 0.15) is 12.9 Å². The normalized spacial score (nSPS) is 10.4. The van der Waals surface area contributed by atoms with Crippen LogP contribution in [0.25, 0.3) is 0 Å². The Morgan fingerprint density at radius 2 is 2.47 bits per heavy atom. The summed E-state index contributed by atoms with van der Waals surface area (Å²) in [6.07, 6.45) is 1.37. The first kappa shape index (κ1) is 11.9. The maximum absolute atomic E-state index is 11.6. The maximum atomic E-state index is 11.6. The molecule has 0 saturated heterocycles. The second kappa shape index (κ2) is 5.68. The van der Waals surface area contributed by atoms with E-state index < -0.39 is 0 Å². The van der Waals surface area contributed by atoms with Crippen molar-refractivity contribution in [1.29, 1.82) is 0 Å². The van der Waals surface area contributed by atoms with Gasteiger partial charge in [0, 0.05) is 0 Å². The van der Waals surface area contributed by atoms with E-state index >= 15 is 0 Å². The number of thioether (sulfide) groups is 1. The van der Waals surface area contributed by atoms with E-state index in [1.165, 1.54) is 22.3 Å². The molecule has 17 heavy (non-hydrogen) atoms. The highest BCUT2D eigenvalue weighted by Crippen LogP contribution is 2.24. The third kappa shape index (κ3) is 3.46. The Balaban J connectivity index is 1.89. The molecular formula is C7H9N7OS2. The molecule has 2 rings (SSSR count).